The zero-order chi connectivity index (χ0) is 20.3. The second-order valence-corrected chi connectivity index (χ2v) is 8.49. The number of hydrogen-bond donors (Lipinski definition) is 0. The van der Waals surface area contributed by atoms with Crippen LogP contribution in [0.3, 0.4) is 0 Å². The van der Waals surface area contributed by atoms with Gasteiger partial charge in [0.05, 0.1) is 0 Å². The fourth-order valence-electron chi connectivity index (χ4n) is 4.68. The zero-order valence-electron chi connectivity index (χ0n) is 17.6. The third-order valence-electron chi connectivity index (χ3n) is 6.50. The van der Waals surface area contributed by atoms with Crippen LogP contribution in [0.25, 0.3) is 0 Å². The SMILES string of the molecule is CCc1cc(N2CCC3(CCC(=O)N(CCc4ccccn4)C3)CC2)nc(C)n1. The van der Waals surface area contributed by atoms with Crippen molar-refractivity contribution >= 4 is 11.7 Å². The number of aryl methyl sites for hydroxylation is 2. The number of amides is 1. The van der Waals surface area contributed by atoms with Crippen LogP contribution in [-0.4, -0.2) is 51.9 Å². The molecule has 2 fully saturated rings. The molecule has 0 aromatic carbocycles. The van der Waals surface area contributed by atoms with Crippen LogP contribution >= 0.6 is 0 Å². The highest BCUT2D eigenvalue weighted by molar-refractivity contribution is 5.77. The van der Waals surface area contributed by atoms with Crippen molar-refractivity contribution in [2.45, 2.75) is 52.4 Å². The van der Waals surface area contributed by atoms with Gasteiger partial charge in [-0.2, -0.15) is 0 Å². The van der Waals surface area contributed by atoms with Crippen molar-refractivity contribution in [3.63, 3.8) is 0 Å². The van der Waals surface area contributed by atoms with E-state index < -0.39 is 0 Å². The van der Waals surface area contributed by atoms with E-state index in [4.69, 9.17) is 0 Å². The van der Waals surface area contributed by atoms with Crippen molar-refractivity contribution in [1.29, 1.82) is 0 Å². The minimum atomic E-state index is 0.254. The summed E-state index contributed by atoms with van der Waals surface area (Å²) in [5, 5.41) is 0. The number of carbonyl (C=O) groups excluding carboxylic acids is 1. The molecule has 0 atom stereocenters. The Morgan fingerprint density at radius 1 is 1.10 bits per heavy atom. The van der Waals surface area contributed by atoms with Gasteiger partial charge in [-0.15, -0.1) is 0 Å². The van der Waals surface area contributed by atoms with Gasteiger partial charge in [-0.1, -0.05) is 13.0 Å². The molecule has 1 amide bonds. The van der Waals surface area contributed by atoms with Gasteiger partial charge >= 0.3 is 0 Å². The lowest BCUT2D eigenvalue weighted by Gasteiger charge is -2.47. The molecule has 6 nitrogen and oxygen atoms in total. The first-order valence-corrected chi connectivity index (χ1v) is 10.8. The summed E-state index contributed by atoms with van der Waals surface area (Å²) in [6, 6.07) is 8.11. The molecule has 2 aromatic heterocycles. The van der Waals surface area contributed by atoms with E-state index in [2.05, 4.69) is 37.7 Å². The van der Waals surface area contributed by atoms with Gasteiger partial charge in [-0.3, -0.25) is 9.78 Å². The summed E-state index contributed by atoms with van der Waals surface area (Å²) >= 11 is 0. The topological polar surface area (TPSA) is 62.2 Å². The summed E-state index contributed by atoms with van der Waals surface area (Å²) < 4.78 is 0. The Kier molecular flexibility index (Phi) is 5.79. The Balaban J connectivity index is 1.38. The predicted octanol–water partition coefficient (Wildman–Crippen LogP) is 3.19. The highest BCUT2D eigenvalue weighted by atomic mass is 16.2. The van der Waals surface area contributed by atoms with Gasteiger partial charge < -0.3 is 9.80 Å². The average Bonchev–Trinajstić information content (AvgIpc) is 2.75. The Morgan fingerprint density at radius 2 is 1.93 bits per heavy atom. The number of anilines is 1. The molecule has 1 spiro atoms. The zero-order valence-corrected chi connectivity index (χ0v) is 17.6. The van der Waals surface area contributed by atoms with Crippen LogP contribution in [0.15, 0.2) is 30.5 Å². The molecule has 4 rings (SSSR count). The van der Waals surface area contributed by atoms with Crippen molar-refractivity contribution in [1.82, 2.24) is 19.9 Å². The lowest BCUT2D eigenvalue weighted by molar-refractivity contribution is -0.138. The van der Waals surface area contributed by atoms with E-state index in [-0.39, 0.29) is 5.41 Å². The fourth-order valence-corrected chi connectivity index (χ4v) is 4.68. The van der Waals surface area contributed by atoms with Gasteiger partial charge in [-0.05, 0) is 50.2 Å². The van der Waals surface area contributed by atoms with Crippen LogP contribution in [0, 0.1) is 12.3 Å². The Hall–Kier alpha value is -2.50. The first-order valence-electron chi connectivity index (χ1n) is 10.8. The molecular weight excluding hydrogens is 362 g/mol. The van der Waals surface area contributed by atoms with E-state index in [1.165, 1.54) is 0 Å². The lowest BCUT2D eigenvalue weighted by Crippen LogP contribution is -2.52. The normalized spacial score (nSPS) is 19.0. The lowest BCUT2D eigenvalue weighted by atomic mass is 9.72. The van der Waals surface area contributed by atoms with Crippen LogP contribution in [-0.2, 0) is 17.6 Å². The monoisotopic (exact) mass is 393 g/mol. The van der Waals surface area contributed by atoms with Crippen LogP contribution < -0.4 is 4.90 Å². The van der Waals surface area contributed by atoms with E-state index in [9.17, 15) is 4.79 Å². The smallest absolute Gasteiger partial charge is 0.222 e. The average molecular weight is 394 g/mol. The van der Waals surface area contributed by atoms with E-state index in [1.807, 2.05) is 31.3 Å². The molecule has 154 valence electrons. The molecule has 2 saturated heterocycles. The number of likely N-dealkylation sites (tertiary alicyclic amines) is 1. The first-order chi connectivity index (χ1) is 14.1. The number of piperidine rings is 2. The van der Waals surface area contributed by atoms with Crippen molar-refractivity contribution in [3.05, 3.63) is 47.7 Å². The summed E-state index contributed by atoms with van der Waals surface area (Å²) in [7, 11) is 0. The molecule has 6 heteroatoms. The maximum Gasteiger partial charge on any atom is 0.222 e. The summed E-state index contributed by atoms with van der Waals surface area (Å²) in [4.78, 5) is 30.6. The number of carbonyl (C=O) groups is 1. The molecule has 4 heterocycles. The molecular formula is C23H31N5O. The molecule has 2 aliphatic heterocycles. The Labute approximate surface area is 173 Å². The molecule has 29 heavy (non-hydrogen) atoms. The van der Waals surface area contributed by atoms with Crippen LogP contribution in [0.5, 0.6) is 0 Å². The van der Waals surface area contributed by atoms with Gasteiger partial charge in [0.1, 0.15) is 11.6 Å². The van der Waals surface area contributed by atoms with Gasteiger partial charge in [-0.25, -0.2) is 9.97 Å². The number of aromatic nitrogens is 3. The third-order valence-corrected chi connectivity index (χ3v) is 6.50. The van der Waals surface area contributed by atoms with Gasteiger partial charge in [0.25, 0.3) is 0 Å². The fraction of sp³-hybridized carbons (Fsp3) is 0.565. The van der Waals surface area contributed by atoms with Gasteiger partial charge in [0, 0.05) is 62.7 Å². The Bertz CT molecular complexity index is 846. The molecule has 0 bridgehead atoms. The van der Waals surface area contributed by atoms with Crippen LogP contribution in [0.4, 0.5) is 5.82 Å². The Morgan fingerprint density at radius 3 is 2.66 bits per heavy atom. The van der Waals surface area contributed by atoms with Crippen molar-refractivity contribution in [2.75, 3.05) is 31.1 Å². The number of hydrogen-bond acceptors (Lipinski definition) is 5. The molecule has 0 unspecified atom stereocenters. The molecule has 0 aliphatic carbocycles. The third kappa shape index (κ3) is 4.57. The number of pyridine rings is 1. The summed E-state index contributed by atoms with van der Waals surface area (Å²) in [6.45, 7) is 7.77. The van der Waals surface area contributed by atoms with Crippen LogP contribution in [0.2, 0.25) is 0 Å². The van der Waals surface area contributed by atoms with Gasteiger partial charge in [0.2, 0.25) is 5.91 Å². The van der Waals surface area contributed by atoms with Crippen molar-refractivity contribution in [3.8, 4) is 0 Å². The molecule has 0 saturated carbocycles. The highest BCUT2D eigenvalue weighted by Gasteiger charge is 2.41. The standard InChI is InChI=1S/C23H31N5O/c1-3-19-16-21(26-18(2)25-19)27-14-10-23(11-15-27)9-7-22(29)28(17-23)13-8-20-6-4-5-12-24-20/h4-6,12,16H,3,7-11,13-15,17H2,1-2H3. The maximum absolute atomic E-state index is 12.5. The molecule has 2 aliphatic rings. The number of nitrogens with zero attached hydrogens (tertiary/aromatic N) is 5. The second kappa shape index (κ2) is 8.47. The van der Waals surface area contributed by atoms with Crippen LogP contribution in [0.1, 0.15) is 49.8 Å². The van der Waals surface area contributed by atoms with E-state index in [1.54, 1.807) is 0 Å². The van der Waals surface area contributed by atoms with E-state index >= 15 is 0 Å². The number of rotatable bonds is 5. The van der Waals surface area contributed by atoms with Gasteiger partial charge in [0.15, 0.2) is 0 Å². The quantitative estimate of drug-likeness (QED) is 0.781. The van der Waals surface area contributed by atoms with Crippen molar-refractivity contribution in [2.24, 2.45) is 5.41 Å². The summed E-state index contributed by atoms with van der Waals surface area (Å²) in [5.41, 5.74) is 2.42. The maximum atomic E-state index is 12.5. The van der Waals surface area contributed by atoms with E-state index in [0.717, 1.165) is 81.3 Å². The molecule has 2 aromatic rings. The molecule has 0 radical (unpaired) electrons. The minimum Gasteiger partial charge on any atom is -0.356 e. The first kappa shape index (κ1) is 19.8. The minimum absolute atomic E-state index is 0.254. The summed E-state index contributed by atoms with van der Waals surface area (Å²) in [6.07, 6.45) is 7.51. The van der Waals surface area contributed by atoms with Crippen molar-refractivity contribution < 1.29 is 4.79 Å². The highest BCUT2D eigenvalue weighted by Crippen LogP contribution is 2.41. The summed E-state index contributed by atoms with van der Waals surface area (Å²) in [5.74, 6) is 2.21. The second-order valence-electron chi connectivity index (χ2n) is 8.49. The largest absolute Gasteiger partial charge is 0.356 e. The molecule has 0 N–H and O–H groups in total. The van der Waals surface area contributed by atoms with E-state index in [0.29, 0.717) is 12.3 Å². The predicted molar refractivity (Wildman–Crippen MR) is 114 cm³/mol.